The third-order valence-corrected chi connectivity index (χ3v) is 1.37. The fourth-order valence-electron chi connectivity index (χ4n) is 0.840. The molecule has 0 radical (unpaired) electrons. The third kappa shape index (κ3) is 5.82. The van der Waals surface area contributed by atoms with Gasteiger partial charge in [0.2, 0.25) is 5.91 Å². The van der Waals surface area contributed by atoms with Crippen LogP contribution in [0.4, 0.5) is 0 Å². The van der Waals surface area contributed by atoms with Gasteiger partial charge in [-0.1, -0.05) is 6.08 Å². The van der Waals surface area contributed by atoms with Gasteiger partial charge in [-0.05, 0) is 12.3 Å². The van der Waals surface area contributed by atoms with Crippen LogP contribution in [0.1, 0.15) is 6.92 Å². The highest BCUT2D eigenvalue weighted by Gasteiger charge is 2.07. The normalized spacial score (nSPS) is 13.9. The summed E-state index contributed by atoms with van der Waals surface area (Å²) in [4.78, 5) is 21.5. The first kappa shape index (κ1) is 12.2. The van der Waals surface area contributed by atoms with E-state index in [4.69, 9.17) is 15.6 Å². The summed E-state index contributed by atoms with van der Waals surface area (Å²) in [7, 11) is 1.90. The number of hydrogen-bond donors (Lipinski definition) is 2. The van der Waals surface area contributed by atoms with Crippen LogP contribution in [0, 0.1) is 0 Å². The number of nitrogens with zero attached hydrogens (tertiary/aromatic N) is 1. The Morgan fingerprint density at radius 3 is 2.36 bits per heavy atom. The van der Waals surface area contributed by atoms with Gasteiger partial charge in [0.15, 0.2) is 0 Å². The molecule has 0 saturated heterocycles. The Kier molecular flexibility index (Phi) is 5.06. The third-order valence-electron chi connectivity index (χ3n) is 1.37. The number of aliphatic carboxylic acids is 1. The fourth-order valence-corrected chi connectivity index (χ4v) is 0.840. The number of carboxylic acids is 1. The van der Waals surface area contributed by atoms with E-state index in [2.05, 4.69) is 0 Å². The van der Waals surface area contributed by atoms with Gasteiger partial charge in [-0.2, -0.15) is 0 Å². The summed E-state index contributed by atoms with van der Waals surface area (Å²) in [5, 5.41) is 7.42. The van der Waals surface area contributed by atoms with Crippen molar-refractivity contribution in [2.45, 2.75) is 6.92 Å². The van der Waals surface area contributed by atoms with Gasteiger partial charge in [-0.3, -0.25) is 9.59 Å². The first-order valence-corrected chi connectivity index (χ1v) is 4.00. The number of carboxylic acid groups (broad SMARTS) is 1. The maximum absolute atomic E-state index is 10.6. The van der Waals surface area contributed by atoms with E-state index in [0.717, 1.165) is 6.92 Å². The molecule has 0 bridgehead atoms. The molecule has 0 spiro atoms. The van der Waals surface area contributed by atoms with E-state index >= 15 is 0 Å². The number of allylic oxidation sites excluding steroid dienone is 2. The van der Waals surface area contributed by atoms with Crippen LogP contribution in [-0.4, -0.2) is 35.5 Å². The number of carbonyl (C=O) groups excluding carboxylic acids is 1. The van der Waals surface area contributed by atoms with Crippen molar-refractivity contribution in [2.24, 2.45) is 5.73 Å². The molecule has 1 amide bonds. The van der Waals surface area contributed by atoms with Gasteiger partial charge in [-0.15, -0.1) is 0 Å². The Morgan fingerprint density at radius 1 is 1.57 bits per heavy atom. The van der Waals surface area contributed by atoms with Crippen LogP contribution in [0.15, 0.2) is 23.9 Å². The molecule has 14 heavy (non-hydrogen) atoms. The van der Waals surface area contributed by atoms with Crippen LogP contribution in [0.3, 0.4) is 0 Å². The predicted molar refractivity (Wildman–Crippen MR) is 52.4 cm³/mol. The highest BCUT2D eigenvalue weighted by Crippen LogP contribution is 2.03. The molecule has 0 aromatic carbocycles. The molecular formula is C9H14N2O3. The molecule has 0 aromatic rings. The molecule has 5 heteroatoms. The molecule has 0 saturated carbocycles. The largest absolute Gasteiger partial charge is 0.481 e. The lowest BCUT2D eigenvalue weighted by Crippen LogP contribution is -2.25. The fraction of sp³-hybridized carbons (Fsp3) is 0.333. The summed E-state index contributed by atoms with van der Waals surface area (Å²) >= 11 is 0. The SMILES string of the molecule is CC(=O)O.CN1C=CC=C(C(N)=O)C1. The molecule has 0 unspecified atom stereocenters. The van der Waals surface area contributed by atoms with Gasteiger partial charge < -0.3 is 15.7 Å². The Balaban J connectivity index is 0.000000364. The number of likely N-dealkylation sites (N-methyl/N-ethyl adjacent to an activating group) is 1. The maximum Gasteiger partial charge on any atom is 0.300 e. The zero-order chi connectivity index (χ0) is 11.1. The lowest BCUT2D eigenvalue weighted by molar-refractivity contribution is -0.134. The second kappa shape index (κ2) is 5.80. The highest BCUT2D eigenvalue weighted by atomic mass is 16.4. The number of carbonyl (C=O) groups is 2. The summed E-state index contributed by atoms with van der Waals surface area (Å²) in [6.45, 7) is 1.70. The molecule has 3 N–H and O–H groups in total. The monoisotopic (exact) mass is 198 g/mol. The molecule has 1 aliphatic heterocycles. The molecule has 0 aliphatic carbocycles. The zero-order valence-electron chi connectivity index (χ0n) is 8.23. The summed E-state index contributed by atoms with van der Waals surface area (Å²) < 4.78 is 0. The van der Waals surface area contributed by atoms with E-state index in [9.17, 15) is 4.79 Å². The van der Waals surface area contributed by atoms with Gasteiger partial charge >= 0.3 is 0 Å². The molecule has 5 nitrogen and oxygen atoms in total. The topological polar surface area (TPSA) is 83.6 Å². The first-order chi connectivity index (χ1) is 6.43. The second-order valence-electron chi connectivity index (χ2n) is 2.83. The van der Waals surface area contributed by atoms with E-state index in [1.807, 2.05) is 24.2 Å². The van der Waals surface area contributed by atoms with Gasteiger partial charge in [0.25, 0.3) is 5.97 Å². The van der Waals surface area contributed by atoms with Crippen LogP contribution in [0.5, 0.6) is 0 Å². The van der Waals surface area contributed by atoms with Crippen LogP contribution in [0.25, 0.3) is 0 Å². The van der Waals surface area contributed by atoms with Gasteiger partial charge in [0, 0.05) is 26.1 Å². The average Bonchev–Trinajstić information content (AvgIpc) is 2.03. The van der Waals surface area contributed by atoms with E-state index in [0.29, 0.717) is 12.1 Å². The van der Waals surface area contributed by atoms with Gasteiger partial charge in [0.05, 0.1) is 0 Å². The summed E-state index contributed by atoms with van der Waals surface area (Å²) in [6, 6.07) is 0. The van der Waals surface area contributed by atoms with Crippen molar-refractivity contribution < 1.29 is 14.7 Å². The minimum absolute atomic E-state index is 0.337. The Labute approximate surface area is 82.5 Å². The standard InChI is InChI=1S/C7H10N2O.C2H4O2/c1-9-4-2-3-6(5-9)7(8)10;1-2(3)4/h2-4H,5H2,1H3,(H2,8,10);1H3,(H,3,4). The summed E-state index contributed by atoms with van der Waals surface area (Å²) in [5.74, 6) is -1.17. The van der Waals surface area contributed by atoms with Crippen molar-refractivity contribution in [1.82, 2.24) is 4.90 Å². The Bertz CT molecular complexity index is 278. The highest BCUT2D eigenvalue weighted by molar-refractivity contribution is 5.92. The van der Waals surface area contributed by atoms with Crippen molar-refractivity contribution in [3.05, 3.63) is 23.9 Å². The van der Waals surface area contributed by atoms with E-state index < -0.39 is 5.97 Å². The molecule has 1 heterocycles. The molecule has 1 aliphatic rings. The number of primary amides is 1. The smallest absolute Gasteiger partial charge is 0.300 e. The van der Waals surface area contributed by atoms with E-state index in [-0.39, 0.29) is 5.91 Å². The Morgan fingerprint density at radius 2 is 2.07 bits per heavy atom. The van der Waals surface area contributed by atoms with Crippen LogP contribution >= 0.6 is 0 Å². The summed E-state index contributed by atoms with van der Waals surface area (Å²) in [5.41, 5.74) is 5.72. The number of rotatable bonds is 1. The van der Waals surface area contributed by atoms with Crippen LogP contribution in [0.2, 0.25) is 0 Å². The molecular weight excluding hydrogens is 184 g/mol. The van der Waals surface area contributed by atoms with Crippen LogP contribution < -0.4 is 5.73 Å². The van der Waals surface area contributed by atoms with Crippen molar-refractivity contribution in [2.75, 3.05) is 13.6 Å². The van der Waals surface area contributed by atoms with Crippen molar-refractivity contribution >= 4 is 11.9 Å². The van der Waals surface area contributed by atoms with Crippen LogP contribution in [-0.2, 0) is 9.59 Å². The van der Waals surface area contributed by atoms with Gasteiger partial charge in [-0.25, -0.2) is 0 Å². The average molecular weight is 198 g/mol. The molecule has 0 aromatic heterocycles. The summed E-state index contributed by atoms with van der Waals surface area (Å²) in [6.07, 6.45) is 5.44. The molecule has 0 fully saturated rings. The predicted octanol–water partition coefficient (Wildman–Crippen LogP) is -0.0519. The van der Waals surface area contributed by atoms with Gasteiger partial charge in [0.1, 0.15) is 0 Å². The van der Waals surface area contributed by atoms with Crippen molar-refractivity contribution in [3.8, 4) is 0 Å². The lowest BCUT2D eigenvalue weighted by Gasteiger charge is -2.17. The first-order valence-electron chi connectivity index (χ1n) is 4.00. The lowest BCUT2D eigenvalue weighted by atomic mass is 10.2. The number of hydrogen-bond acceptors (Lipinski definition) is 3. The molecule has 0 atom stereocenters. The van der Waals surface area contributed by atoms with E-state index in [1.54, 1.807) is 6.08 Å². The number of nitrogens with two attached hydrogens (primary N) is 1. The molecule has 1 rings (SSSR count). The zero-order valence-corrected chi connectivity index (χ0v) is 8.23. The van der Waals surface area contributed by atoms with Crippen molar-refractivity contribution in [3.63, 3.8) is 0 Å². The quantitative estimate of drug-likeness (QED) is 0.618. The second-order valence-corrected chi connectivity index (χ2v) is 2.83. The van der Waals surface area contributed by atoms with Crippen molar-refractivity contribution in [1.29, 1.82) is 0 Å². The Hall–Kier alpha value is -1.78. The molecule has 78 valence electrons. The minimum atomic E-state index is -0.833. The number of amides is 1. The maximum atomic E-state index is 10.6. The minimum Gasteiger partial charge on any atom is -0.481 e. The van der Waals surface area contributed by atoms with E-state index in [1.165, 1.54) is 0 Å².